The van der Waals surface area contributed by atoms with Gasteiger partial charge in [-0.15, -0.1) is 5.10 Å². The molecule has 0 aliphatic heterocycles. The lowest BCUT2D eigenvalue weighted by Crippen LogP contribution is -2.30. The second-order valence-electron chi connectivity index (χ2n) is 6.01. The van der Waals surface area contributed by atoms with Crippen molar-refractivity contribution in [3.63, 3.8) is 0 Å². The van der Waals surface area contributed by atoms with Crippen LogP contribution in [-0.4, -0.2) is 31.1 Å². The van der Waals surface area contributed by atoms with Crippen LogP contribution >= 0.6 is 0 Å². The fourth-order valence-electron chi connectivity index (χ4n) is 4.02. The Kier molecular flexibility index (Phi) is 2.43. The molecular weight excluding hydrogens is 240 g/mol. The summed E-state index contributed by atoms with van der Waals surface area (Å²) in [4.78, 5) is 4.19. The van der Waals surface area contributed by atoms with E-state index in [0.717, 1.165) is 23.6 Å². The smallest absolute Gasteiger partial charge is 0.199 e. The van der Waals surface area contributed by atoms with Crippen molar-refractivity contribution in [2.75, 3.05) is 5.32 Å². The Bertz CT molecular complexity index is 594. The number of rotatable bonds is 3. The van der Waals surface area contributed by atoms with Crippen LogP contribution in [0.25, 0.3) is 5.65 Å². The molecule has 6 nitrogen and oxygen atoms in total. The molecule has 2 bridgehead atoms. The Balaban J connectivity index is 1.56. The van der Waals surface area contributed by atoms with Gasteiger partial charge in [0, 0.05) is 6.04 Å². The van der Waals surface area contributed by atoms with Crippen LogP contribution < -0.4 is 5.32 Å². The maximum atomic E-state index is 4.19. The van der Waals surface area contributed by atoms with Crippen LogP contribution in [0, 0.1) is 17.8 Å². The quantitative estimate of drug-likeness (QED) is 0.908. The molecule has 0 saturated heterocycles. The second kappa shape index (κ2) is 4.15. The van der Waals surface area contributed by atoms with Crippen molar-refractivity contribution in [1.29, 1.82) is 0 Å². The molecule has 2 fully saturated rings. The molecule has 4 rings (SSSR count). The van der Waals surface area contributed by atoms with Crippen LogP contribution in [0.15, 0.2) is 12.4 Å². The predicted molar refractivity (Wildman–Crippen MR) is 70.6 cm³/mol. The first-order chi connectivity index (χ1) is 9.31. The van der Waals surface area contributed by atoms with Gasteiger partial charge in [-0.1, -0.05) is 6.42 Å². The molecule has 2 aliphatic rings. The van der Waals surface area contributed by atoms with Gasteiger partial charge in [0.15, 0.2) is 11.5 Å². The van der Waals surface area contributed by atoms with Crippen LogP contribution in [0.3, 0.4) is 0 Å². The summed E-state index contributed by atoms with van der Waals surface area (Å²) in [6, 6.07) is 0.451. The molecular formula is C13H18N6. The zero-order valence-electron chi connectivity index (χ0n) is 11.0. The third-order valence-electron chi connectivity index (χ3n) is 4.92. The van der Waals surface area contributed by atoms with Gasteiger partial charge in [-0.25, -0.2) is 0 Å². The Hall–Kier alpha value is -1.72. The molecule has 0 amide bonds. The van der Waals surface area contributed by atoms with Crippen molar-refractivity contribution in [3.05, 3.63) is 12.4 Å². The lowest BCUT2D eigenvalue weighted by atomic mass is 9.84. The lowest BCUT2D eigenvalue weighted by Gasteiger charge is -2.29. The Morgan fingerprint density at radius 2 is 2.26 bits per heavy atom. The number of tetrazole rings is 1. The highest BCUT2D eigenvalue weighted by Crippen LogP contribution is 2.49. The van der Waals surface area contributed by atoms with E-state index < -0.39 is 0 Å². The van der Waals surface area contributed by atoms with Crippen molar-refractivity contribution in [3.8, 4) is 0 Å². The molecule has 2 aliphatic carbocycles. The van der Waals surface area contributed by atoms with Crippen LogP contribution in [0.1, 0.15) is 32.6 Å². The largest absolute Gasteiger partial charge is 0.366 e. The van der Waals surface area contributed by atoms with Crippen molar-refractivity contribution >= 4 is 11.5 Å². The van der Waals surface area contributed by atoms with Crippen LogP contribution in [-0.2, 0) is 0 Å². The van der Waals surface area contributed by atoms with Crippen LogP contribution in [0.4, 0.5) is 5.82 Å². The summed E-state index contributed by atoms with van der Waals surface area (Å²) in [5, 5.41) is 15.2. The monoisotopic (exact) mass is 258 g/mol. The Morgan fingerprint density at radius 3 is 3.05 bits per heavy atom. The molecule has 0 aromatic carbocycles. The van der Waals surface area contributed by atoms with E-state index in [0.29, 0.717) is 11.7 Å². The Labute approximate surface area is 111 Å². The molecule has 4 unspecified atom stereocenters. The van der Waals surface area contributed by atoms with Gasteiger partial charge in [0.2, 0.25) is 0 Å². The van der Waals surface area contributed by atoms with E-state index in [-0.39, 0.29) is 0 Å². The summed E-state index contributed by atoms with van der Waals surface area (Å²) in [5.41, 5.74) is 0.685. The van der Waals surface area contributed by atoms with Gasteiger partial charge in [0.1, 0.15) is 0 Å². The normalized spacial score (nSPS) is 30.9. The highest BCUT2D eigenvalue weighted by Gasteiger charge is 2.41. The summed E-state index contributed by atoms with van der Waals surface area (Å²) in [7, 11) is 0. The fraction of sp³-hybridized carbons (Fsp3) is 0.692. The molecule has 19 heavy (non-hydrogen) atoms. The van der Waals surface area contributed by atoms with E-state index >= 15 is 0 Å². The number of nitrogens with zero attached hydrogens (tertiary/aromatic N) is 5. The van der Waals surface area contributed by atoms with Crippen molar-refractivity contribution < 1.29 is 0 Å². The molecule has 2 aromatic heterocycles. The zero-order chi connectivity index (χ0) is 12.8. The predicted octanol–water partition coefficient (Wildman–Crippen LogP) is 1.76. The molecule has 6 heteroatoms. The van der Waals surface area contributed by atoms with Gasteiger partial charge in [-0.05, 0) is 54.4 Å². The van der Waals surface area contributed by atoms with E-state index in [1.54, 1.807) is 16.9 Å². The average Bonchev–Trinajstić information content (AvgIpc) is 3.14. The van der Waals surface area contributed by atoms with E-state index in [2.05, 4.69) is 32.7 Å². The summed E-state index contributed by atoms with van der Waals surface area (Å²) in [6.45, 7) is 2.27. The lowest BCUT2D eigenvalue weighted by molar-refractivity contribution is 0.303. The summed E-state index contributed by atoms with van der Waals surface area (Å²) >= 11 is 0. The van der Waals surface area contributed by atoms with Gasteiger partial charge in [0.05, 0.1) is 12.4 Å². The van der Waals surface area contributed by atoms with Crippen LogP contribution in [0.2, 0.25) is 0 Å². The van der Waals surface area contributed by atoms with Gasteiger partial charge in [-0.2, -0.15) is 4.52 Å². The first-order valence-electron chi connectivity index (χ1n) is 7.10. The summed E-state index contributed by atoms with van der Waals surface area (Å²) < 4.78 is 1.72. The average molecular weight is 258 g/mol. The number of nitrogens with one attached hydrogen (secondary N) is 1. The van der Waals surface area contributed by atoms with Crippen molar-refractivity contribution in [2.24, 2.45) is 17.8 Å². The van der Waals surface area contributed by atoms with Crippen molar-refractivity contribution in [1.82, 2.24) is 25.0 Å². The second-order valence-corrected chi connectivity index (χ2v) is 6.01. The SMILES string of the molecule is CC(Nc1cncc2nnnn12)C1CC2CCC1C2. The van der Waals surface area contributed by atoms with Crippen molar-refractivity contribution in [2.45, 2.75) is 38.6 Å². The topological polar surface area (TPSA) is 68.0 Å². The number of anilines is 1. The molecule has 2 heterocycles. The van der Waals surface area contributed by atoms with E-state index in [1.165, 1.54) is 25.7 Å². The van der Waals surface area contributed by atoms with E-state index in [1.807, 2.05) is 0 Å². The third-order valence-corrected chi connectivity index (χ3v) is 4.92. The van der Waals surface area contributed by atoms with Gasteiger partial charge in [-0.3, -0.25) is 4.98 Å². The fourth-order valence-corrected chi connectivity index (χ4v) is 4.02. The molecule has 0 spiro atoms. The highest BCUT2D eigenvalue weighted by molar-refractivity contribution is 5.44. The number of aromatic nitrogens is 5. The minimum absolute atomic E-state index is 0.451. The molecule has 1 N–H and O–H groups in total. The molecule has 0 radical (unpaired) electrons. The number of hydrogen-bond acceptors (Lipinski definition) is 5. The minimum Gasteiger partial charge on any atom is -0.366 e. The van der Waals surface area contributed by atoms with Gasteiger partial charge >= 0.3 is 0 Å². The van der Waals surface area contributed by atoms with E-state index in [9.17, 15) is 0 Å². The van der Waals surface area contributed by atoms with E-state index in [4.69, 9.17) is 0 Å². The van der Waals surface area contributed by atoms with Gasteiger partial charge in [0.25, 0.3) is 0 Å². The zero-order valence-corrected chi connectivity index (χ0v) is 11.0. The molecule has 2 saturated carbocycles. The minimum atomic E-state index is 0.451. The first-order valence-corrected chi connectivity index (χ1v) is 7.10. The molecule has 100 valence electrons. The van der Waals surface area contributed by atoms with Gasteiger partial charge < -0.3 is 5.32 Å². The summed E-state index contributed by atoms with van der Waals surface area (Å²) in [5.74, 6) is 3.55. The maximum absolute atomic E-state index is 4.19. The maximum Gasteiger partial charge on any atom is 0.199 e. The first kappa shape index (κ1) is 11.1. The molecule has 4 atom stereocenters. The van der Waals surface area contributed by atoms with Crippen LogP contribution in [0.5, 0.6) is 0 Å². The molecule has 2 aromatic rings. The number of fused-ring (bicyclic) bond motifs is 3. The Morgan fingerprint density at radius 1 is 1.32 bits per heavy atom. The third kappa shape index (κ3) is 1.77. The number of hydrogen-bond donors (Lipinski definition) is 1. The summed E-state index contributed by atoms with van der Waals surface area (Å²) in [6.07, 6.45) is 9.13. The highest BCUT2D eigenvalue weighted by atomic mass is 15.5. The standard InChI is InChI=1S/C13H18N6/c1-8(11-5-9-2-3-10(11)4-9)15-12-6-14-7-13-16-17-18-19(12)13/h6-11,15H,2-5H2,1H3.